The van der Waals surface area contributed by atoms with Crippen molar-refractivity contribution in [2.45, 2.75) is 45.3 Å². The second-order valence-corrected chi connectivity index (χ2v) is 7.47. The zero-order chi connectivity index (χ0) is 17.4. The van der Waals surface area contributed by atoms with Gasteiger partial charge in [-0.15, -0.1) is 0 Å². The van der Waals surface area contributed by atoms with Gasteiger partial charge in [0, 0.05) is 12.2 Å². The number of hydrogen-bond donors (Lipinski definition) is 0. The molecule has 1 aliphatic heterocycles. The molecule has 0 saturated heterocycles. The van der Waals surface area contributed by atoms with E-state index in [1.54, 1.807) is 0 Å². The maximum absolute atomic E-state index is 13.2. The molecule has 2 aromatic carbocycles. The molecule has 0 bridgehead atoms. The summed E-state index contributed by atoms with van der Waals surface area (Å²) in [4.78, 5) is 15.4. The van der Waals surface area contributed by atoms with E-state index in [1.807, 2.05) is 64.1 Å². The Morgan fingerprint density at radius 3 is 2.33 bits per heavy atom. The lowest BCUT2D eigenvalue weighted by Crippen LogP contribution is -2.56. The van der Waals surface area contributed by atoms with Gasteiger partial charge < -0.3 is 9.64 Å². The Labute approximate surface area is 144 Å². The number of fused-ring (bicyclic) bond motifs is 1. The number of carbonyl (C=O) groups is 1. The van der Waals surface area contributed by atoms with Gasteiger partial charge in [-0.1, -0.05) is 42.5 Å². The van der Waals surface area contributed by atoms with Crippen molar-refractivity contribution in [1.29, 1.82) is 0 Å². The van der Waals surface area contributed by atoms with E-state index in [-0.39, 0.29) is 5.97 Å². The second-order valence-electron chi connectivity index (χ2n) is 7.47. The molecule has 1 atom stereocenters. The van der Waals surface area contributed by atoms with Gasteiger partial charge in [-0.05, 0) is 57.4 Å². The van der Waals surface area contributed by atoms with Gasteiger partial charge in [-0.25, -0.2) is 4.79 Å². The van der Waals surface area contributed by atoms with Gasteiger partial charge in [0.05, 0.1) is 0 Å². The van der Waals surface area contributed by atoms with Crippen LogP contribution in [0.15, 0.2) is 54.6 Å². The molecule has 0 fully saturated rings. The third-order valence-electron chi connectivity index (χ3n) is 4.55. The summed E-state index contributed by atoms with van der Waals surface area (Å²) in [6, 6.07) is 18.3. The van der Waals surface area contributed by atoms with E-state index in [0.717, 1.165) is 24.2 Å². The molecule has 3 heteroatoms. The van der Waals surface area contributed by atoms with Crippen LogP contribution in [0.2, 0.25) is 0 Å². The fourth-order valence-electron chi connectivity index (χ4n) is 3.41. The zero-order valence-electron chi connectivity index (χ0n) is 14.9. The Hall–Kier alpha value is -2.29. The van der Waals surface area contributed by atoms with Crippen LogP contribution in [-0.2, 0) is 21.5 Å². The summed E-state index contributed by atoms with van der Waals surface area (Å²) < 4.78 is 5.81. The molecule has 1 aliphatic rings. The van der Waals surface area contributed by atoms with Crippen LogP contribution in [0.3, 0.4) is 0 Å². The highest BCUT2D eigenvalue weighted by Gasteiger charge is 2.47. The van der Waals surface area contributed by atoms with Crippen molar-refractivity contribution in [1.82, 2.24) is 0 Å². The molecule has 0 aromatic heterocycles. The molecule has 24 heavy (non-hydrogen) atoms. The SMILES string of the molecule is CC(C)(C)OC(=O)C1(C)c2ccccc2CCN1c1ccccc1. The molecule has 1 heterocycles. The largest absolute Gasteiger partial charge is 0.458 e. The Bertz CT molecular complexity index is 733. The summed E-state index contributed by atoms with van der Waals surface area (Å²) in [7, 11) is 0. The van der Waals surface area contributed by atoms with Crippen LogP contribution in [0.1, 0.15) is 38.8 Å². The van der Waals surface area contributed by atoms with E-state index in [1.165, 1.54) is 5.56 Å². The van der Waals surface area contributed by atoms with Gasteiger partial charge in [-0.2, -0.15) is 0 Å². The molecule has 1 unspecified atom stereocenters. The summed E-state index contributed by atoms with van der Waals surface area (Å²) in [6.07, 6.45) is 0.920. The number of para-hydroxylation sites is 1. The number of hydrogen-bond acceptors (Lipinski definition) is 3. The van der Waals surface area contributed by atoms with E-state index in [0.29, 0.717) is 0 Å². The highest BCUT2D eigenvalue weighted by molar-refractivity contribution is 5.88. The van der Waals surface area contributed by atoms with Crippen LogP contribution in [0.25, 0.3) is 0 Å². The van der Waals surface area contributed by atoms with Crippen LogP contribution >= 0.6 is 0 Å². The predicted molar refractivity (Wildman–Crippen MR) is 97.1 cm³/mol. The van der Waals surface area contributed by atoms with E-state index in [9.17, 15) is 4.79 Å². The van der Waals surface area contributed by atoms with Gasteiger partial charge in [0.15, 0.2) is 5.54 Å². The number of anilines is 1. The first-order valence-corrected chi connectivity index (χ1v) is 8.47. The summed E-state index contributed by atoms with van der Waals surface area (Å²) in [5.41, 5.74) is 1.95. The van der Waals surface area contributed by atoms with Gasteiger partial charge in [0.2, 0.25) is 0 Å². The second kappa shape index (κ2) is 5.97. The quantitative estimate of drug-likeness (QED) is 0.772. The first-order valence-electron chi connectivity index (χ1n) is 8.47. The molecular formula is C21H25NO2. The topological polar surface area (TPSA) is 29.5 Å². The van der Waals surface area contributed by atoms with E-state index in [2.05, 4.69) is 23.1 Å². The third kappa shape index (κ3) is 2.91. The van der Waals surface area contributed by atoms with Crippen molar-refractivity contribution >= 4 is 11.7 Å². The highest BCUT2D eigenvalue weighted by Crippen LogP contribution is 2.40. The van der Waals surface area contributed by atoms with Crippen molar-refractivity contribution in [2.75, 3.05) is 11.4 Å². The average Bonchev–Trinajstić information content (AvgIpc) is 2.54. The molecular weight excluding hydrogens is 298 g/mol. The Kier molecular flexibility index (Phi) is 4.12. The standard InChI is InChI=1S/C21H25NO2/c1-20(2,3)24-19(23)21(4)18-13-9-8-10-16(18)14-15-22(21)17-11-6-5-7-12-17/h5-13H,14-15H2,1-4H3. The number of ether oxygens (including phenoxy) is 1. The fourth-order valence-corrected chi connectivity index (χ4v) is 3.41. The number of carbonyl (C=O) groups excluding carboxylic acids is 1. The predicted octanol–water partition coefficient (Wildman–Crippen LogP) is 4.31. The minimum Gasteiger partial charge on any atom is -0.458 e. The summed E-state index contributed by atoms with van der Waals surface area (Å²) in [6.45, 7) is 8.50. The lowest BCUT2D eigenvalue weighted by molar-refractivity contribution is -0.161. The third-order valence-corrected chi connectivity index (χ3v) is 4.55. The first-order chi connectivity index (χ1) is 11.3. The molecule has 0 N–H and O–H groups in total. The number of benzene rings is 2. The summed E-state index contributed by atoms with van der Waals surface area (Å²) in [5.74, 6) is -0.203. The zero-order valence-corrected chi connectivity index (χ0v) is 14.9. The van der Waals surface area contributed by atoms with Crippen molar-refractivity contribution in [3.05, 3.63) is 65.7 Å². The molecule has 0 amide bonds. The number of nitrogens with zero attached hydrogens (tertiary/aromatic N) is 1. The van der Waals surface area contributed by atoms with Gasteiger partial charge in [0.25, 0.3) is 0 Å². The smallest absolute Gasteiger partial charge is 0.336 e. The molecule has 0 radical (unpaired) electrons. The van der Waals surface area contributed by atoms with Gasteiger partial charge in [0.1, 0.15) is 5.60 Å². The van der Waals surface area contributed by atoms with E-state index < -0.39 is 11.1 Å². The molecule has 3 nitrogen and oxygen atoms in total. The van der Waals surface area contributed by atoms with Gasteiger partial charge >= 0.3 is 5.97 Å². The minimum atomic E-state index is -0.830. The van der Waals surface area contributed by atoms with E-state index in [4.69, 9.17) is 4.74 Å². The molecule has 0 aliphatic carbocycles. The Morgan fingerprint density at radius 2 is 1.67 bits per heavy atom. The van der Waals surface area contributed by atoms with Gasteiger partial charge in [-0.3, -0.25) is 0 Å². The lowest BCUT2D eigenvalue weighted by atomic mass is 9.81. The van der Waals surface area contributed by atoms with Crippen LogP contribution in [0, 0.1) is 0 Å². The molecule has 2 aromatic rings. The normalized spacial score (nSPS) is 20.4. The maximum atomic E-state index is 13.2. The number of esters is 1. The van der Waals surface area contributed by atoms with Crippen molar-refractivity contribution in [3.8, 4) is 0 Å². The van der Waals surface area contributed by atoms with Crippen molar-refractivity contribution in [2.24, 2.45) is 0 Å². The first kappa shape index (κ1) is 16.6. The van der Waals surface area contributed by atoms with Crippen LogP contribution in [0.4, 0.5) is 5.69 Å². The Morgan fingerprint density at radius 1 is 1.04 bits per heavy atom. The molecule has 0 saturated carbocycles. The summed E-state index contributed by atoms with van der Waals surface area (Å²) in [5, 5.41) is 0. The fraction of sp³-hybridized carbons (Fsp3) is 0.381. The van der Waals surface area contributed by atoms with E-state index >= 15 is 0 Å². The highest BCUT2D eigenvalue weighted by atomic mass is 16.6. The lowest BCUT2D eigenvalue weighted by Gasteiger charge is -2.46. The van der Waals surface area contributed by atoms with Crippen LogP contribution in [-0.4, -0.2) is 18.1 Å². The van der Waals surface area contributed by atoms with Crippen molar-refractivity contribution in [3.63, 3.8) is 0 Å². The average molecular weight is 323 g/mol. The maximum Gasteiger partial charge on any atom is 0.336 e. The molecule has 3 rings (SSSR count). The summed E-state index contributed by atoms with van der Waals surface area (Å²) >= 11 is 0. The molecule has 126 valence electrons. The van der Waals surface area contributed by atoms with Crippen molar-refractivity contribution < 1.29 is 9.53 Å². The monoisotopic (exact) mass is 323 g/mol. The minimum absolute atomic E-state index is 0.203. The van der Waals surface area contributed by atoms with Crippen LogP contribution in [0.5, 0.6) is 0 Å². The van der Waals surface area contributed by atoms with Crippen LogP contribution < -0.4 is 4.90 Å². The Balaban J connectivity index is 2.12. The number of rotatable bonds is 2. The molecule has 0 spiro atoms.